The van der Waals surface area contributed by atoms with E-state index in [0.29, 0.717) is 10.6 Å². The van der Waals surface area contributed by atoms with E-state index in [1.807, 2.05) is 24.3 Å². The van der Waals surface area contributed by atoms with Gasteiger partial charge < -0.3 is 11.1 Å². The Bertz CT molecular complexity index is 629. The van der Waals surface area contributed by atoms with E-state index < -0.39 is 0 Å². The predicted molar refractivity (Wildman–Crippen MR) is 89.8 cm³/mol. The van der Waals surface area contributed by atoms with Crippen LogP contribution in [0.25, 0.3) is 10.1 Å². The second kappa shape index (κ2) is 6.48. The first-order valence-corrected chi connectivity index (χ1v) is 8.62. The molecule has 4 heteroatoms. The number of fused-ring (bicyclic) bond motifs is 1. The highest BCUT2D eigenvalue weighted by atomic mass is 32.1. The first kappa shape index (κ1) is 14.4. The van der Waals surface area contributed by atoms with Gasteiger partial charge in [-0.05, 0) is 24.8 Å². The molecule has 0 saturated heterocycles. The minimum Gasteiger partial charge on any atom is -0.397 e. The summed E-state index contributed by atoms with van der Waals surface area (Å²) in [5.41, 5.74) is 6.71. The van der Waals surface area contributed by atoms with Crippen LogP contribution in [0.15, 0.2) is 24.3 Å². The fourth-order valence-electron chi connectivity index (χ4n) is 3.21. The molecule has 1 aromatic heterocycles. The van der Waals surface area contributed by atoms with Gasteiger partial charge >= 0.3 is 0 Å². The van der Waals surface area contributed by atoms with E-state index in [4.69, 9.17) is 5.73 Å². The Kier molecular flexibility index (Phi) is 4.44. The highest BCUT2D eigenvalue weighted by Gasteiger charge is 2.17. The van der Waals surface area contributed by atoms with Crippen LogP contribution in [0.3, 0.4) is 0 Å². The van der Waals surface area contributed by atoms with E-state index in [9.17, 15) is 4.79 Å². The topological polar surface area (TPSA) is 55.1 Å². The molecule has 21 heavy (non-hydrogen) atoms. The molecule has 1 aliphatic rings. The normalized spacial score (nSPS) is 15.6. The lowest BCUT2D eigenvalue weighted by atomic mass is 10.0. The van der Waals surface area contributed by atoms with Crippen molar-refractivity contribution in [2.24, 2.45) is 5.92 Å². The smallest absolute Gasteiger partial charge is 0.263 e. The quantitative estimate of drug-likeness (QED) is 0.814. The van der Waals surface area contributed by atoms with Gasteiger partial charge in [-0.1, -0.05) is 43.9 Å². The predicted octanol–water partition coefficient (Wildman–Crippen LogP) is 4.18. The molecule has 1 aliphatic carbocycles. The molecule has 0 aliphatic heterocycles. The van der Waals surface area contributed by atoms with Crippen LogP contribution in [-0.4, -0.2) is 12.5 Å². The van der Waals surface area contributed by atoms with E-state index >= 15 is 0 Å². The molecule has 0 unspecified atom stereocenters. The number of carbonyl (C=O) groups is 1. The van der Waals surface area contributed by atoms with Crippen molar-refractivity contribution in [3.63, 3.8) is 0 Å². The Labute approximate surface area is 129 Å². The Hall–Kier alpha value is -1.55. The molecule has 1 saturated carbocycles. The van der Waals surface area contributed by atoms with E-state index in [1.165, 1.54) is 43.4 Å². The third kappa shape index (κ3) is 3.21. The average Bonchev–Trinajstić information content (AvgIpc) is 3.12. The zero-order valence-electron chi connectivity index (χ0n) is 12.2. The lowest BCUT2D eigenvalue weighted by Gasteiger charge is -2.09. The third-order valence-corrected chi connectivity index (χ3v) is 5.57. The van der Waals surface area contributed by atoms with Crippen LogP contribution in [0.4, 0.5) is 5.69 Å². The van der Waals surface area contributed by atoms with Crippen molar-refractivity contribution in [2.75, 3.05) is 12.3 Å². The van der Waals surface area contributed by atoms with Crippen LogP contribution >= 0.6 is 11.3 Å². The second-order valence-corrected chi connectivity index (χ2v) is 6.94. The van der Waals surface area contributed by atoms with E-state index in [-0.39, 0.29) is 5.91 Å². The fraction of sp³-hybridized carbons (Fsp3) is 0.471. The molecule has 1 fully saturated rings. The zero-order chi connectivity index (χ0) is 14.7. The summed E-state index contributed by atoms with van der Waals surface area (Å²) in [6.45, 7) is 0.753. The summed E-state index contributed by atoms with van der Waals surface area (Å²) < 4.78 is 1.08. The van der Waals surface area contributed by atoms with E-state index in [2.05, 4.69) is 5.32 Å². The van der Waals surface area contributed by atoms with Crippen molar-refractivity contribution < 1.29 is 4.79 Å². The minimum atomic E-state index is -0.0277. The van der Waals surface area contributed by atoms with Crippen molar-refractivity contribution >= 4 is 33.0 Å². The number of rotatable bonds is 5. The lowest BCUT2D eigenvalue weighted by Crippen LogP contribution is -2.24. The van der Waals surface area contributed by atoms with Gasteiger partial charge in [-0.2, -0.15) is 0 Å². The fourth-order valence-corrected chi connectivity index (χ4v) is 4.25. The van der Waals surface area contributed by atoms with Gasteiger partial charge in [0, 0.05) is 16.6 Å². The van der Waals surface area contributed by atoms with Crippen molar-refractivity contribution in [1.29, 1.82) is 0 Å². The Morgan fingerprint density at radius 1 is 1.29 bits per heavy atom. The number of anilines is 1. The number of carbonyl (C=O) groups excluding carboxylic acids is 1. The maximum Gasteiger partial charge on any atom is 0.263 e. The molecular formula is C17H22N2OS. The van der Waals surface area contributed by atoms with Crippen molar-refractivity contribution in [1.82, 2.24) is 5.32 Å². The van der Waals surface area contributed by atoms with Crippen LogP contribution < -0.4 is 11.1 Å². The molecule has 2 aromatic rings. The molecule has 3 nitrogen and oxygen atoms in total. The Morgan fingerprint density at radius 3 is 2.81 bits per heavy atom. The molecule has 0 radical (unpaired) electrons. The first-order valence-electron chi connectivity index (χ1n) is 7.81. The molecule has 1 aromatic carbocycles. The number of thiophene rings is 1. The van der Waals surface area contributed by atoms with Gasteiger partial charge in [0.1, 0.15) is 4.88 Å². The van der Waals surface area contributed by atoms with Crippen LogP contribution in [-0.2, 0) is 0 Å². The maximum atomic E-state index is 12.3. The van der Waals surface area contributed by atoms with E-state index in [0.717, 1.165) is 29.0 Å². The van der Waals surface area contributed by atoms with Gasteiger partial charge in [-0.15, -0.1) is 11.3 Å². The molecule has 1 heterocycles. The average molecular weight is 302 g/mol. The zero-order valence-corrected chi connectivity index (χ0v) is 13.0. The number of nitrogens with two attached hydrogens (primary N) is 1. The number of amides is 1. The summed E-state index contributed by atoms with van der Waals surface area (Å²) in [5.74, 6) is 0.858. The molecule has 0 atom stereocenters. The van der Waals surface area contributed by atoms with Gasteiger partial charge in [-0.3, -0.25) is 4.79 Å². The van der Waals surface area contributed by atoms with E-state index in [1.54, 1.807) is 0 Å². The number of hydrogen-bond donors (Lipinski definition) is 2. The summed E-state index contributed by atoms with van der Waals surface area (Å²) in [6, 6.07) is 7.90. The minimum absolute atomic E-state index is 0.0277. The highest BCUT2D eigenvalue weighted by molar-refractivity contribution is 7.21. The molecule has 3 rings (SSSR count). The van der Waals surface area contributed by atoms with Crippen LogP contribution in [0.1, 0.15) is 48.2 Å². The largest absolute Gasteiger partial charge is 0.397 e. The number of nitrogen functional groups attached to an aromatic ring is 1. The summed E-state index contributed by atoms with van der Waals surface area (Å²) in [5, 5.41) is 4.00. The molecular weight excluding hydrogens is 280 g/mol. The van der Waals surface area contributed by atoms with Gasteiger partial charge in [0.2, 0.25) is 0 Å². The lowest BCUT2D eigenvalue weighted by molar-refractivity contribution is 0.0957. The van der Waals surface area contributed by atoms with Crippen molar-refractivity contribution in [3.8, 4) is 0 Å². The maximum absolute atomic E-state index is 12.3. The molecule has 3 N–H and O–H groups in total. The monoisotopic (exact) mass is 302 g/mol. The highest BCUT2D eigenvalue weighted by Crippen LogP contribution is 2.33. The van der Waals surface area contributed by atoms with Gasteiger partial charge in [-0.25, -0.2) is 0 Å². The number of hydrogen-bond acceptors (Lipinski definition) is 3. The second-order valence-electron chi connectivity index (χ2n) is 5.89. The standard InChI is InChI=1S/C17H22N2OS/c18-15-13-9-3-4-10-14(13)21-16(15)17(20)19-11-5-8-12-6-1-2-7-12/h3-4,9-10,12H,1-2,5-8,11,18H2,(H,19,20). The van der Waals surface area contributed by atoms with Gasteiger partial charge in [0.15, 0.2) is 0 Å². The van der Waals surface area contributed by atoms with Crippen molar-refractivity contribution in [2.45, 2.75) is 38.5 Å². The molecule has 112 valence electrons. The van der Waals surface area contributed by atoms with Crippen LogP contribution in [0.5, 0.6) is 0 Å². The van der Waals surface area contributed by atoms with Gasteiger partial charge in [0.25, 0.3) is 5.91 Å². The Balaban J connectivity index is 1.55. The third-order valence-electron chi connectivity index (χ3n) is 4.39. The van der Waals surface area contributed by atoms with Crippen LogP contribution in [0, 0.1) is 5.92 Å². The van der Waals surface area contributed by atoms with Crippen molar-refractivity contribution in [3.05, 3.63) is 29.1 Å². The first-order chi connectivity index (χ1) is 10.3. The summed E-state index contributed by atoms with van der Waals surface area (Å²) in [7, 11) is 0. The number of benzene rings is 1. The molecule has 1 amide bonds. The molecule has 0 spiro atoms. The van der Waals surface area contributed by atoms with Gasteiger partial charge in [0.05, 0.1) is 5.69 Å². The number of nitrogens with one attached hydrogen (secondary N) is 1. The SMILES string of the molecule is Nc1c(C(=O)NCCCC2CCCC2)sc2ccccc12. The summed E-state index contributed by atoms with van der Waals surface area (Å²) >= 11 is 1.48. The summed E-state index contributed by atoms with van der Waals surface area (Å²) in [6.07, 6.45) is 7.82. The molecule has 0 bridgehead atoms. The van der Waals surface area contributed by atoms with Crippen LogP contribution in [0.2, 0.25) is 0 Å². The summed E-state index contributed by atoms with van der Waals surface area (Å²) in [4.78, 5) is 12.9. The Morgan fingerprint density at radius 2 is 2.05 bits per heavy atom.